The van der Waals surface area contributed by atoms with E-state index in [1.54, 1.807) is 25.4 Å². The lowest BCUT2D eigenvalue weighted by molar-refractivity contribution is -0.137. The summed E-state index contributed by atoms with van der Waals surface area (Å²) in [7, 11) is 1.62. The van der Waals surface area contributed by atoms with Crippen molar-refractivity contribution in [1.29, 1.82) is 0 Å². The van der Waals surface area contributed by atoms with Crippen LogP contribution in [0.2, 0.25) is 0 Å². The number of primary amides is 1. The molecule has 9 nitrogen and oxygen atoms in total. The zero-order valence-electron chi connectivity index (χ0n) is 14.9. The molecule has 4 rings (SSSR count). The molecule has 0 aliphatic carbocycles. The number of likely N-dealkylation sites (tertiary alicyclic amines) is 1. The van der Waals surface area contributed by atoms with Crippen LogP contribution in [0.4, 0.5) is 0 Å². The second kappa shape index (κ2) is 6.44. The van der Waals surface area contributed by atoms with Gasteiger partial charge in [0, 0.05) is 42.7 Å². The third kappa shape index (κ3) is 2.95. The highest BCUT2D eigenvalue weighted by atomic mass is 16.3. The molecular formula is C19H16N6O3. The van der Waals surface area contributed by atoms with Gasteiger partial charge in [0.2, 0.25) is 5.60 Å². The van der Waals surface area contributed by atoms with E-state index in [0.717, 1.165) is 5.39 Å². The second-order valence-corrected chi connectivity index (χ2v) is 6.57. The van der Waals surface area contributed by atoms with Gasteiger partial charge in [-0.25, -0.2) is 9.97 Å². The van der Waals surface area contributed by atoms with Gasteiger partial charge in [0.1, 0.15) is 5.69 Å². The summed E-state index contributed by atoms with van der Waals surface area (Å²) >= 11 is 0. The first-order chi connectivity index (χ1) is 13.4. The van der Waals surface area contributed by atoms with Crippen LogP contribution in [0, 0.1) is 11.8 Å². The monoisotopic (exact) mass is 376 g/mol. The second-order valence-electron chi connectivity index (χ2n) is 6.57. The van der Waals surface area contributed by atoms with Gasteiger partial charge in [-0.3, -0.25) is 14.7 Å². The number of nitrogens with one attached hydrogen (secondary N) is 1. The number of benzene rings is 1. The fourth-order valence-corrected chi connectivity index (χ4v) is 3.08. The zero-order chi connectivity index (χ0) is 19.9. The minimum absolute atomic E-state index is 0.0898. The summed E-state index contributed by atoms with van der Waals surface area (Å²) in [6, 6.07) is 4.90. The summed E-state index contributed by atoms with van der Waals surface area (Å²) in [6.45, 7) is 0.447. The van der Waals surface area contributed by atoms with E-state index in [9.17, 15) is 14.7 Å². The van der Waals surface area contributed by atoms with E-state index in [-0.39, 0.29) is 12.1 Å². The molecule has 2 aromatic heterocycles. The van der Waals surface area contributed by atoms with Crippen molar-refractivity contribution in [3.05, 3.63) is 41.9 Å². The maximum absolute atomic E-state index is 12.1. The number of H-pyrrole nitrogens is 1. The predicted octanol–water partition coefficient (Wildman–Crippen LogP) is 0.0635. The molecule has 9 heteroatoms. The molecule has 1 aliphatic heterocycles. The lowest BCUT2D eigenvalue weighted by Crippen LogP contribution is -2.37. The van der Waals surface area contributed by atoms with Gasteiger partial charge in [0.15, 0.2) is 5.82 Å². The summed E-state index contributed by atoms with van der Waals surface area (Å²) in [5.74, 6) is 4.77. The highest BCUT2D eigenvalue weighted by Crippen LogP contribution is 2.27. The number of carbonyl (C=O) groups excluding carboxylic acids is 2. The Labute approximate surface area is 159 Å². The molecule has 140 valence electrons. The van der Waals surface area contributed by atoms with Gasteiger partial charge in [0.25, 0.3) is 11.8 Å². The molecule has 0 unspecified atom stereocenters. The standard InChI is InChI=1S/C19H16N6O3/c1-25-7-5-19(28,18(25)27)4-2-11-8-12(13-10-22-24-15(13)9-11)17-21-6-3-14(23-17)16(20)26/h3,6,8-10,28H,5,7H2,1H3,(H2,20,26)(H,22,24)/t19-/m0/s1. The first-order valence-corrected chi connectivity index (χ1v) is 8.49. The van der Waals surface area contributed by atoms with Crippen molar-refractivity contribution < 1.29 is 14.7 Å². The van der Waals surface area contributed by atoms with E-state index in [4.69, 9.17) is 5.73 Å². The maximum Gasteiger partial charge on any atom is 0.267 e. The minimum Gasteiger partial charge on any atom is -0.369 e. The Morgan fingerprint density at radius 2 is 2.25 bits per heavy atom. The van der Waals surface area contributed by atoms with Crippen LogP contribution in [0.3, 0.4) is 0 Å². The van der Waals surface area contributed by atoms with E-state index in [1.807, 2.05) is 0 Å². The zero-order valence-corrected chi connectivity index (χ0v) is 14.9. The van der Waals surface area contributed by atoms with Crippen LogP contribution in [0.5, 0.6) is 0 Å². The Hall–Kier alpha value is -3.77. The molecule has 1 saturated heterocycles. The van der Waals surface area contributed by atoms with Crippen molar-refractivity contribution in [3.8, 4) is 23.2 Å². The van der Waals surface area contributed by atoms with Crippen LogP contribution < -0.4 is 5.73 Å². The third-order valence-corrected chi connectivity index (χ3v) is 4.63. The Bertz CT molecular complexity index is 1180. The van der Waals surface area contributed by atoms with Crippen molar-refractivity contribution in [2.45, 2.75) is 12.0 Å². The van der Waals surface area contributed by atoms with E-state index < -0.39 is 17.4 Å². The fraction of sp³-hybridized carbons (Fsp3) is 0.211. The lowest BCUT2D eigenvalue weighted by Gasteiger charge is -2.13. The molecule has 3 aromatic rings. The first-order valence-electron chi connectivity index (χ1n) is 8.49. The van der Waals surface area contributed by atoms with Gasteiger partial charge in [-0.2, -0.15) is 5.10 Å². The van der Waals surface area contributed by atoms with Crippen molar-refractivity contribution in [3.63, 3.8) is 0 Å². The number of nitrogens with zero attached hydrogens (tertiary/aromatic N) is 4. The number of amides is 2. The van der Waals surface area contributed by atoms with Gasteiger partial charge in [-0.15, -0.1) is 0 Å². The van der Waals surface area contributed by atoms with Gasteiger partial charge in [0.05, 0.1) is 11.7 Å². The molecule has 28 heavy (non-hydrogen) atoms. The van der Waals surface area contributed by atoms with E-state index in [0.29, 0.717) is 29.0 Å². The predicted molar refractivity (Wildman–Crippen MR) is 99.7 cm³/mol. The molecule has 3 heterocycles. The molecule has 1 aliphatic rings. The molecule has 2 amide bonds. The Morgan fingerprint density at radius 3 is 2.96 bits per heavy atom. The van der Waals surface area contributed by atoms with Crippen molar-refractivity contribution >= 4 is 22.7 Å². The normalized spacial score (nSPS) is 18.9. The number of carbonyl (C=O) groups is 2. The number of aromatic nitrogens is 4. The number of nitrogens with two attached hydrogens (primary N) is 1. The Kier molecular flexibility index (Phi) is 4.05. The molecule has 1 fully saturated rings. The third-order valence-electron chi connectivity index (χ3n) is 4.63. The van der Waals surface area contributed by atoms with Crippen LogP contribution in [0.1, 0.15) is 22.5 Å². The van der Waals surface area contributed by atoms with Gasteiger partial charge >= 0.3 is 0 Å². The molecule has 0 spiro atoms. The van der Waals surface area contributed by atoms with Crippen LogP contribution in [-0.4, -0.2) is 61.2 Å². The molecular weight excluding hydrogens is 360 g/mol. The summed E-state index contributed by atoms with van der Waals surface area (Å²) < 4.78 is 0. The minimum atomic E-state index is -1.69. The van der Waals surface area contributed by atoms with Crippen LogP contribution in [0.25, 0.3) is 22.3 Å². The topological polar surface area (TPSA) is 138 Å². The Balaban J connectivity index is 1.81. The summed E-state index contributed by atoms with van der Waals surface area (Å²) in [4.78, 5) is 33.4. The number of aromatic amines is 1. The van der Waals surface area contributed by atoms with Crippen LogP contribution in [-0.2, 0) is 4.79 Å². The molecule has 1 aromatic carbocycles. The number of aliphatic hydroxyl groups is 1. The van der Waals surface area contributed by atoms with Crippen molar-refractivity contribution in [2.75, 3.05) is 13.6 Å². The molecule has 1 atom stereocenters. The number of likely N-dealkylation sites (N-methyl/N-ethyl adjacent to an activating group) is 1. The smallest absolute Gasteiger partial charge is 0.267 e. The van der Waals surface area contributed by atoms with Gasteiger partial charge in [-0.1, -0.05) is 11.8 Å². The van der Waals surface area contributed by atoms with E-state index in [2.05, 4.69) is 32.0 Å². The fourth-order valence-electron chi connectivity index (χ4n) is 3.08. The van der Waals surface area contributed by atoms with Gasteiger partial charge < -0.3 is 15.7 Å². The molecule has 0 saturated carbocycles. The number of hydrogen-bond donors (Lipinski definition) is 3. The highest BCUT2D eigenvalue weighted by molar-refractivity contribution is 5.95. The van der Waals surface area contributed by atoms with E-state index in [1.165, 1.54) is 17.2 Å². The lowest BCUT2D eigenvalue weighted by atomic mass is 10.0. The summed E-state index contributed by atoms with van der Waals surface area (Å²) in [5, 5.41) is 18.1. The van der Waals surface area contributed by atoms with E-state index >= 15 is 0 Å². The number of hydrogen-bond acceptors (Lipinski definition) is 6. The SMILES string of the molecule is CN1CC[C@@](O)(C#Cc2cc(-c3nccc(C(N)=O)n3)c3cn[nH]c3c2)C1=O. The maximum atomic E-state index is 12.1. The number of fused-ring (bicyclic) bond motifs is 1. The quantitative estimate of drug-likeness (QED) is 0.541. The van der Waals surface area contributed by atoms with Crippen LogP contribution in [0.15, 0.2) is 30.6 Å². The average molecular weight is 376 g/mol. The average Bonchev–Trinajstić information content (AvgIpc) is 3.26. The van der Waals surface area contributed by atoms with Crippen molar-refractivity contribution in [2.24, 2.45) is 5.73 Å². The number of rotatable bonds is 2. The van der Waals surface area contributed by atoms with Crippen molar-refractivity contribution in [1.82, 2.24) is 25.1 Å². The molecule has 0 radical (unpaired) electrons. The highest BCUT2D eigenvalue weighted by Gasteiger charge is 2.42. The van der Waals surface area contributed by atoms with Crippen LogP contribution >= 0.6 is 0 Å². The molecule has 0 bridgehead atoms. The largest absolute Gasteiger partial charge is 0.369 e. The first kappa shape index (κ1) is 17.6. The Morgan fingerprint density at radius 1 is 1.43 bits per heavy atom. The van der Waals surface area contributed by atoms with Gasteiger partial charge in [-0.05, 0) is 18.2 Å². The molecule has 4 N–H and O–H groups in total. The summed E-state index contributed by atoms with van der Waals surface area (Å²) in [6.07, 6.45) is 3.31. The summed E-state index contributed by atoms with van der Waals surface area (Å²) in [5.41, 5.74) is 5.51.